The Bertz CT molecular complexity index is 956. The maximum absolute atomic E-state index is 12.5. The number of aryl methyl sites for hydroxylation is 3. The number of carbonyl (C=O) groups excluding carboxylic acids is 1. The standard InChI is InChI=1S/C17H17N3O2S/c1-4-20-9-18-16-13(17(20)22)11(3)14(23-16)15(21)19-12-7-5-6-10(2)8-12/h5-9H,4H2,1-3H3,(H,19,21). The number of fused-ring (bicyclic) bond motifs is 1. The predicted molar refractivity (Wildman–Crippen MR) is 93.4 cm³/mol. The molecule has 3 rings (SSSR count). The number of nitrogens with one attached hydrogen (secondary N) is 1. The maximum atomic E-state index is 12.5. The predicted octanol–water partition coefficient (Wildman–Crippen LogP) is 3.35. The van der Waals surface area contributed by atoms with E-state index in [2.05, 4.69) is 10.3 Å². The third-order valence-corrected chi connectivity index (χ3v) is 4.94. The van der Waals surface area contributed by atoms with Crippen LogP contribution < -0.4 is 10.9 Å². The minimum Gasteiger partial charge on any atom is -0.321 e. The molecule has 2 heterocycles. The van der Waals surface area contributed by atoms with Gasteiger partial charge in [0.2, 0.25) is 0 Å². The topological polar surface area (TPSA) is 64.0 Å². The molecule has 0 bridgehead atoms. The number of nitrogens with zero attached hydrogens (tertiary/aromatic N) is 2. The third kappa shape index (κ3) is 2.77. The first kappa shape index (κ1) is 15.4. The minimum atomic E-state index is -0.210. The first-order valence-corrected chi connectivity index (χ1v) is 8.19. The Hall–Kier alpha value is -2.47. The highest BCUT2D eigenvalue weighted by atomic mass is 32.1. The number of carbonyl (C=O) groups is 1. The van der Waals surface area contributed by atoms with Gasteiger partial charge in [-0.2, -0.15) is 0 Å². The minimum absolute atomic E-state index is 0.0964. The fourth-order valence-electron chi connectivity index (χ4n) is 2.51. The van der Waals surface area contributed by atoms with Crippen molar-refractivity contribution >= 4 is 33.1 Å². The van der Waals surface area contributed by atoms with Crippen LogP contribution in [0.15, 0.2) is 35.4 Å². The molecule has 0 fully saturated rings. The van der Waals surface area contributed by atoms with E-state index >= 15 is 0 Å². The molecule has 1 aromatic carbocycles. The van der Waals surface area contributed by atoms with Crippen LogP contribution in [-0.4, -0.2) is 15.5 Å². The van der Waals surface area contributed by atoms with Crippen molar-refractivity contribution in [1.82, 2.24) is 9.55 Å². The van der Waals surface area contributed by atoms with E-state index in [-0.39, 0.29) is 11.5 Å². The summed E-state index contributed by atoms with van der Waals surface area (Å²) in [5.74, 6) is -0.210. The van der Waals surface area contributed by atoms with Gasteiger partial charge in [-0.3, -0.25) is 14.2 Å². The first-order chi connectivity index (χ1) is 11.0. The van der Waals surface area contributed by atoms with Gasteiger partial charge in [-0.05, 0) is 44.0 Å². The molecular weight excluding hydrogens is 310 g/mol. The Labute approximate surface area is 137 Å². The Morgan fingerprint density at radius 3 is 2.83 bits per heavy atom. The lowest BCUT2D eigenvalue weighted by Gasteiger charge is -2.05. The number of hydrogen-bond acceptors (Lipinski definition) is 4. The van der Waals surface area contributed by atoms with Crippen molar-refractivity contribution in [2.24, 2.45) is 0 Å². The van der Waals surface area contributed by atoms with Crippen LogP contribution in [0.2, 0.25) is 0 Å². The molecule has 3 aromatic rings. The number of anilines is 1. The number of hydrogen-bond donors (Lipinski definition) is 1. The zero-order valence-corrected chi connectivity index (χ0v) is 14.0. The van der Waals surface area contributed by atoms with Gasteiger partial charge in [-0.25, -0.2) is 4.98 Å². The summed E-state index contributed by atoms with van der Waals surface area (Å²) in [4.78, 5) is 30.4. The van der Waals surface area contributed by atoms with Gasteiger partial charge in [0.15, 0.2) is 0 Å². The average Bonchev–Trinajstić information content (AvgIpc) is 2.85. The number of benzene rings is 1. The zero-order valence-electron chi connectivity index (χ0n) is 13.2. The van der Waals surface area contributed by atoms with Crippen LogP contribution in [0.1, 0.15) is 27.7 Å². The van der Waals surface area contributed by atoms with Crippen molar-refractivity contribution in [1.29, 1.82) is 0 Å². The van der Waals surface area contributed by atoms with E-state index in [9.17, 15) is 9.59 Å². The third-order valence-electron chi connectivity index (χ3n) is 3.74. The van der Waals surface area contributed by atoms with Crippen LogP contribution in [0.4, 0.5) is 5.69 Å². The van der Waals surface area contributed by atoms with Crippen molar-refractivity contribution in [2.75, 3.05) is 5.32 Å². The summed E-state index contributed by atoms with van der Waals surface area (Å²) in [7, 11) is 0. The van der Waals surface area contributed by atoms with E-state index in [0.717, 1.165) is 11.3 Å². The summed E-state index contributed by atoms with van der Waals surface area (Å²) in [5.41, 5.74) is 2.41. The van der Waals surface area contributed by atoms with Gasteiger partial charge in [-0.1, -0.05) is 12.1 Å². The summed E-state index contributed by atoms with van der Waals surface area (Å²) in [5, 5.41) is 3.42. The van der Waals surface area contributed by atoms with Crippen LogP contribution >= 0.6 is 11.3 Å². The monoisotopic (exact) mass is 327 g/mol. The summed E-state index contributed by atoms with van der Waals surface area (Å²) >= 11 is 1.25. The van der Waals surface area contributed by atoms with E-state index in [4.69, 9.17) is 0 Å². The summed E-state index contributed by atoms with van der Waals surface area (Å²) in [6, 6.07) is 7.61. The van der Waals surface area contributed by atoms with E-state index in [1.807, 2.05) is 38.1 Å². The van der Waals surface area contributed by atoms with E-state index in [0.29, 0.717) is 27.2 Å². The molecule has 0 radical (unpaired) electrons. The van der Waals surface area contributed by atoms with E-state index < -0.39 is 0 Å². The highest BCUT2D eigenvalue weighted by Gasteiger charge is 2.19. The fourth-order valence-corrected chi connectivity index (χ4v) is 3.55. The van der Waals surface area contributed by atoms with Gasteiger partial charge in [0, 0.05) is 12.2 Å². The summed E-state index contributed by atoms with van der Waals surface area (Å²) < 4.78 is 1.55. The second-order valence-corrected chi connectivity index (χ2v) is 6.39. The van der Waals surface area contributed by atoms with Crippen LogP contribution in [0.3, 0.4) is 0 Å². The SMILES string of the molecule is CCn1cnc2sc(C(=O)Nc3cccc(C)c3)c(C)c2c1=O. The van der Waals surface area contributed by atoms with Crippen molar-refractivity contribution in [2.45, 2.75) is 27.3 Å². The highest BCUT2D eigenvalue weighted by molar-refractivity contribution is 7.20. The molecule has 0 unspecified atom stereocenters. The number of rotatable bonds is 3. The molecule has 2 aromatic heterocycles. The normalized spacial score (nSPS) is 10.9. The molecule has 1 amide bonds. The van der Waals surface area contributed by atoms with Crippen molar-refractivity contribution < 1.29 is 4.79 Å². The molecule has 0 saturated carbocycles. The van der Waals surface area contributed by atoms with Crippen molar-refractivity contribution in [3.63, 3.8) is 0 Å². The molecule has 0 aliphatic rings. The zero-order chi connectivity index (χ0) is 16.6. The lowest BCUT2D eigenvalue weighted by molar-refractivity contribution is 0.103. The van der Waals surface area contributed by atoms with Crippen molar-refractivity contribution in [3.8, 4) is 0 Å². The molecule has 0 saturated heterocycles. The van der Waals surface area contributed by atoms with Gasteiger partial charge in [-0.15, -0.1) is 11.3 Å². The smallest absolute Gasteiger partial charge is 0.266 e. The Balaban J connectivity index is 2.03. The second-order valence-electron chi connectivity index (χ2n) is 5.40. The second kappa shape index (κ2) is 5.96. The fraction of sp³-hybridized carbons (Fsp3) is 0.235. The number of aromatic nitrogens is 2. The van der Waals surface area contributed by atoms with Crippen LogP contribution in [0.5, 0.6) is 0 Å². The number of amides is 1. The van der Waals surface area contributed by atoms with Gasteiger partial charge in [0.05, 0.1) is 16.6 Å². The summed E-state index contributed by atoms with van der Waals surface area (Å²) in [6.45, 7) is 6.22. The van der Waals surface area contributed by atoms with Gasteiger partial charge < -0.3 is 5.32 Å². The molecule has 0 aliphatic carbocycles. The highest BCUT2D eigenvalue weighted by Crippen LogP contribution is 2.27. The lowest BCUT2D eigenvalue weighted by atomic mass is 10.2. The lowest BCUT2D eigenvalue weighted by Crippen LogP contribution is -2.19. The molecule has 6 heteroatoms. The van der Waals surface area contributed by atoms with Gasteiger partial charge in [0.1, 0.15) is 4.83 Å². The molecule has 23 heavy (non-hydrogen) atoms. The maximum Gasteiger partial charge on any atom is 0.266 e. The molecule has 1 N–H and O–H groups in total. The quantitative estimate of drug-likeness (QED) is 0.802. The molecule has 5 nitrogen and oxygen atoms in total. The first-order valence-electron chi connectivity index (χ1n) is 7.37. The van der Waals surface area contributed by atoms with Crippen LogP contribution in [0.25, 0.3) is 10.2 Å². The van der Waals surface area contributed by atoms with Crippen LogP contribution in [-0.2, 0) is 6.54 Å². The van der Waals surface area contributed by atoms with E-state index in [1.165, 1.54) is 17.7 Å². The van der Waals surface area contributed by atoms with E-state index in [1.54, 1.807) is 11.5 Å². The average molecular weight is 327 g/mol. The molecule has 0 atom stereocenters. The Morgan fingerprint density at radius 1 is 1.35 bits per heavy atom. The van der Waals surface area contributed by atoms with Gasteiger partial charge in [0.25, 0.3) is 11.5 Å². The molecule has 118 valence electrons. The van der Waals surface area contributed by atoms with Crippen molar-refractivity contribution in [3.05, 3.63) is 57.0 Å². The summed E-state index contributed by atoms with van der Waals surface area (Å²) in [6.07, 6.45) is 1.53. The number of thiophene rings is 1. The Kier molecular flexibility index (Phi) is 4.00. The van der Waals surface area contributed by atoms with Gasteiger partial charge >= 0.3 is 0 Å². The Morgan fingerprint density at radius 2 is 2.13 bits per heavy atom. The molecular formula is C17H17N3O2S. The molecule has 0 aliphatic heterocycles. The van der Waals surface area contributed by atoms with Crippen LogP contribution in [0, 0.1) is 13.8 Å². The largest absolute Gasteiger partial charge is 0.321 e. The molecule has 0 spiro atoms.